The second-order valence-corrected chi connectivity index (χ2v) is 3.10. The van der Waals surface area contributed by atoms with Crippen LogP contribution >= 0.6 is 0 Å². The zero-order chi connectivity index (χ0) is 13.1. The second kappa shape index (κ2) is 6.82. The topological polar surface area (TPSA) is 49.4 Å². The van der Waals surface area contributed by atoms with Crippen molar-refractivity contribution >= 4 is 5.78 Å². The molecule has 0 fully saturated rings. The van der Waals surface area contributed by atoms with Crippen LogP contribution in [0.2, 0.25) is 0 Å². The van der Waals surface area contributed by atoms with Gasteiger partial charge in [0.15, 0.2) is 5.78 Å². The predicted molar refractivity (Wildman–Crippen MR) is 51.5 cm³/mol. The Bertz CT molecular complexity index is 455. The van der Waals surface area contributed by atoms with Crippen molar-refractivity contribution in [2.45, 2.75) is 6.18 Å². The van der Waals surface area contributed by atoms with E-state index in [4.69, 9.17) is 4.74 Å². The van der Waals surface area contributed by atoms with Crippen LogP contribution in [0.5, 0.6) is 5.75 Å². The van der Waals surface area contributed by atoms with Gasteiger partial charge in [0.25, 0.3) is 0 Å². The summed E-state index contributed by atoms with van der Waals surface area (Å²) in [5.41, 5.74) is -0.0399. The standard InChI is InChI=1S/C11H9F3O3.Na/c1-17-8-4-2-3-7(5-8)9(15)6-10(16)11(12,13)14;/h2-6,16H,1H3;/q;+1/p-1/b10-6-;. The average molecular weight is 268 g/mol. The van der Waals surface area contributed by atoms with Gasteiger partial charge in [-0.25, -0.2) is 0 Å². The molecule has 0 aliphatic carbocycles. The summed E-state index contributed by atoms with van der Waals surface area (Å²) in [4.78, 5) is 11.3. The summed E-state index contributed by atoms with van der Waals surface area (Å²) in [7, 11) is 1.36. The van der Waals surface area contributed by atoms with Gasteiger partial charge in [-0.1, -0.05) is 12.1 Å². The fraction of sp³-hybridized carbons (Fsp3) is 0.182. The quantitative estimate of drug-likeness (QED) is 0.296. The van der Waals surface area contributed by atoms with Crippen LogP contribution in [-0.2, 0) is 0 Å². The summed E-state index contributed by atoms with van der Waals surface area (Å²) in [6.45, 7) is 0. The molecule has 0 unspecified atom stereocenters. The van der Waals surface area contributed by atoms with E-state index in [1.165, 1.54) is 31.4 Å². The number of hydrogen-bond donors (Lipinski definition) is 0. The Kier molecular flexibility index (Phi) is 6.45. The summed E-state index contributed by atoms with van der Waals surface area (Å²) in [5.74, 6) is -2.86. The number of methoxy groups -OCH3 is 1. The molecule has 1 aromatic rings. The summed E-state index contributed by atoms with van der Waals surface area (Å²) >= 11 is 0. The van der Waals surface area contributed by atoms with E-state index in [0.29, 0.717) is 5.75 Å². The van der Waals surface area contributed by atoms with Gasteiger partial charge < -0.3 is 9.84 Å². The molecule has 92 valence electrons. The number of allylic oxidation sites excluding steroid dienone is 2. The molecule has 0 bridgehead atoms. The summed E-state index contributed by atoms with van der Waals surface area (Å²) < 4.78 is 40.5. The average Bonchev–Trinajstić information content (AvgIpc) is 2.27. The molecule has 0 atom stereocenters. The summed E-state index contributed by atoms with van der Waals surface area (Å²) in [6.07, 6.45) is -5.01. The Hall–Kier alpha value is -0.980. The molecule has 1 rings (SSSR count). The molecule has 0 aliphatic heterocycles. The van der Waals surface area contributed by atoms with Gasteiger partial charge in [0, 0.05) is 5.56 Å². The zero-order valence-corrected chi connectivity index (χ0v) is 11.7. The van der Waals surface area contributed by atoms with Crippen LogP contribution in [0.4, 0.5) is 13.2 Å². The van der Waals surface area contributed by atoms with Crippen LogP contribution in [0.1, 0.15) is 10.4 Å². The minimum atomic E-state index is -5.03. The number of benzene rings is 1. The molecule has 0 saturated heterocycles. The van der Waals surface area contributed by atoms with E-state index >= 15 is 0 Å². The number of carbonyl (C=O) groups excluding carboxylic acids is 1. The van der Waals surface area contributed by atoms with Crippen molar-refractivity contribution in [1.29, 1.82) is 0 Å². The minimum Gasteiger partial charge on any atom is -0.869 e. The van der Waals surface area contributed by atoms with Crippen LogP contribution in [0.15, 0.2) is 36.1 Å². The molecule has 0 saturated carbocycles. The number of alkyl halides is 3. The molecule has 0 spiro atoms. The molecular formula is C11H8F3NaO3. The van der Waals surface area contributed by atoms with E-state index in [9.17, 15) is 23.1 Å². The van der Waals surface area contributed by atoms with Crippen molar-refractivity contribution in [3.05, 3.63) is 41.7 Å². The first-order chi connectivity index (χ1) is 7.84. The molecule has 0 N–H and O–H groups in total. The summed E-state index contributed by atoms with van der Waals surface area (Å²) in [5, 5.41) is 10.6. The van der Waals surface area contributed by atoms with Crippen LogP contribution in [-0.4, -0.2) is 19.1 Å². The largest absolute Gasteiger partial charge is 1.00 e. The first-order valence-corrected chi connectivity index (χ1v) is 4.49. The van der Waals surface area contributed by atoms with E-state index in [-0.39, 0.29) is 41.2 Å². The third-order valence-corrected chi connectivity index (χ3v) is 1.90. The molecule has 18 heavy (non-hydrogen) atoms. The SMILES string of the molecule is COc1cccc(C(=O)/C=C(\[O-])C(F)(F)F)c1.[Na+]. The smallest absolute Gasteiger partial charge is 0.869 e. The van der Waals surface area contributed by atoms with Crippen LogP contribution in [0.25, 0.3) is 0 Å². The molecule has 7 heteroatoms. The molecule has 1 aromatic carbocycles. The molecule has 0 amide bonds. The number of rotatable bonds is 3. The maximum absolute atomic E-state index is 11.9. The second-order valence-electron chi connectivity index (χ2n) is 3.10. The van der Waals surface area contributed by atoms with Crippen LogP contribution < -0.4 is 39.4 Å². The molecule has 3 nitrogen and oxygen atoms in total. The fourth-order valence-corrected chi connectivity index (χ4v) is 1.06. The Morgan fingerprint density at radius 3 is 2.50 bits per heavy atom. The van der Waals surface area contributed by atoms with Gasteiger partial charge in [-0.2, -0.15) is 13.2 Å². The number of ether oxygens (including phenoxy) is 1. The van der Waals surface area contributed by atoms with Gasteiger partial charge in [0.05, 0.1) is 7.11 Å². The minimum absolute atomic E-state index is 0. The Balaban J connectivity index is 0.00000289. The van der Waals surface area contributed by atoms with Gasteiger partial charge in [-0.3, -0.25) is 4.79 Å². The fourth-order valence-electron chi connectivity index (χ4n) is 1.06. The molecule has 0 heterocycles. The first-order valence-electron chi connectivity index (χ1n) is 4.49. The third-order valence-electron chi connectivity index (χ3n) is 1.90. The third kappa shape index (κ3) is 4.72. The van der Waals surface area contributed by atoms with E-state index in [1.54, 1.807) is 0 Å². The molecule has 0 aliphatic rings. The Morgan fingerprint density at radius 2 is 2.00 bits per heavy atom. The van der Waals surface area contributed by atoms with Gasteiger partial charge in [0.1, 0.15) is 5.75 Å². The normalized spacial score (nSPS) is 11.7. The maximum atomic E-state index is 11.9. The van der Waals surface area contributed by atoms with Gasteiger partial charge >= 0.3 is 35.7 Å². The monoisotopic (exact) mass is 268 g/mol. The number of halogens is 3. The van der Waals surface area contributed by atoms with Crippen molar-refractivity contribution in [1.82, 2.24) is 0 Å². The summed E-state index contributed by atoms with van der Waals surface area (Å²) in [6, 6.07) is 5.52. The van der Waals surface area contributed by atoms with Crippen molar-refractivity contribution in [3.63, 3.8) is 0 Å². The van der Waals surface area contributed by atoms with Gasteiger partial charge in [-0.05, 0) is 24.0 Å². The van der Waals surface area contributed by atoms with E-state index in [2.05, 4.69) is 0 Å². The van der Waals surface area contributed by atoms with Crippen molar-refractivity contribution < 1.29 is 57.4 Å². The molecule has 0 radical (unpaired) electrons. The van der Waals surface area contributed by atoms with Gasteiger partial charge in [0.2, 0.25) is 0 Å². The molecule has 0 aromatic heterocycles. The van der Waals surface area contributed by atoms with Crippen molar-refractivity contribution in [3.8, 4) is 5.75 Å². The van der Waals surface area contributed by atoms with Crippen molar-refractivity contribution in [2.75, 3.05) is 7.11 Å². The first kappa shape index (κ1) is 17.0. The number of ketones is 1. The Morgan fingerprint density at radius 1 is 1.39 bits per heavy atom. The maximum Gasteiger partial charge on any atom is 1.00 e. The van der Waals surface area contributed by atoms with Crippen molar-refractivity contribution in [2.24, 2.45) is 0 Å². The Labute approximate surface area is 124 Å². The van der Waals surface area contributed by atoms with Crippen LogP contribution in [0, 0.1) is 0 Å². The van der Waals surface area contributed by atoms with E-state index < -0.39 is 17.7 Å². The van der Waals surface area contributed by atoms with Gasteiger partial charge in [-0.15, -0.1) is 0 Å². The zero-order valence-electron chi connectivity index (χ0n) is 9.75. The number of hydrogen-bond acceptors (Lipinski definition) is 3. The van der Waals surface area contributed by atoms with Crippen LogP contribution in [0.3, 0.4) is 0 Å². The molecular weight excluding hydrogens is 260 g/mol. The number of carbonyl (C=O) groups is 1. The predicted octanol–water partition coefficient (Wildman–Crippen LogP) is -1.31. The van der Waals surface area contributed by atoms with E-state index in [0.717, 1.165) is 0 Å². The van der Waals surface area contributed by atoms with E-state index in [1.807, 2.05) is 0 Å².